The highest BCUT2D eigenvalue weighted by atomic mass is 32.1. The molecule has 1 saturated heterocycles. The number of nitrogens with one attached hydrogen (secondary N) is 1. The zero-order valence-corrected chi connectivity index (χ0v) is 8.40. The van der Waals surface area contributed by atoms with E-state index in [-0.39, 0.29) is 5.69 Å². The molecule has 15 heavy (non-hydrogen) atoms. The molecule has 0 amide bonds. The third-order valence-electron chi connectivity index (χ3n) is 2.06. The average molecular weight is 237 g/mol. The van der Waals surface area contributed by atoms with Gasteiger partial charge in [-0.3, -0.25) is 0 Å². The number of nitrogens with zero attached hydrogens (tertiary/aromatic N) is 3. The molecule has 0 aliphatic carbocycles. The van der Waals surface area contributed by atoms with Crippen molar-refractivity contribution in [3.63, 3.8) is 0 Å². The SMILES string of the molecule is FC(F)(F)c1snnc1C1CNCC[N]1. The molecule has 1 aromatic heterocycles. The quantitative estimate of drug-likeness (QED) is 0.786. The molecular formula is C7H8F3N4S. The molecule has 0 saturated carbocycles. The molecule has 1 N–H and O–H groups in total. The molecule has 1 radical (unpaired) electrons. The fraction of sp³-hybridized carbons (Fsp3) is 0.714. The molecule has 4 nitrogen and oxygen atoms in total. The van der Waals surface area contributed by atoms with E-state index in [0.717, 1.165) is 0 Å². The molecular weight excluding hydrogens is 229 g/mol. The summed E-state index contributed by atoms with van der Waals surface area (Å²) in [6.45, 7) is 1.61. The Labute approximate surface area is 88.0 Å². The van der Waals surface area contributed by atoms with Crippen molar-refractivity contribution in [2.24, 2.45) is 0 Å². The molecule has 0 bridgehead atoms. The van der Waals surface area contributed by atoms with Crippen LogP contribution in [0.2, 0.25) is 0 Å². The van der Waals surface area contributed by atoms with Crippen molar-refractivity contribution in [2.45, 2.75) is 12.2 Å². The second kappa shape index (κ2) is 4.03. The molecule has 1 atom stereocenters. The van der Waals surface area contributed by atoms with E-state index < -0.39 is 17.1 Å². The first-order valence-corrected chi connectivity index (χ1v) is 5.13. The van der Waals surface area contributed by atoms with Crippen molar-refractivity contribution >= 4 is 11.5 Å². The third-order valence-corrected chi connectivity index (χ3v) is 2.85. The Hall–Kier alpha value is -0.730. The molecule has 1 aliphatic heterocycles. The molecule has 1 aliphatic rings. The summed E-state index contributed by atoms with van der Waals surface area (Å²) < 4.78 is 40.9. The Bertz CT molecular complexity index is 331. The van der Waals surface area contributed by atoms with Gasteiger partial charge in [-0.1, -0.05) is 4.49 Å². The van der Waals surface area contributed by atoms with Crippen LogP contribution in [-0.4, -0.2) is 29.2 Å². The summed E-state index contributed by atoms with van der Waals surface area (Å²) in [5.74, 6) is 0. The van der Waals surface area contributed by atoms with E-state index in [4.69, 9.17) is 0 Å². The van der Waals surface area contributed by atoms with Crippen molar-refractivity contribution in [1.29, 1.82) is 0 Å². The van der Waals surface area contributed by atoms with Crippen LogP contribution in [0.5, 0.6) is 0 Å². The van der Waals surface area contributed by atoms with E-state index in [1.807, 2.05) is 0 Å². The highest BCUT2D eigenvalue weighted by molar-refractivity contribution is 7.05. The summed E-state index contributed by atoms with van der Waals surface area (Å²) in [7, 11) is 0. The van der Waals surface area contributed by atoms with Crippen LogP contribution < -0.4 is 10.6 Å². The molecule has 8 heteroatoms. The lowest BCUT2D eigenvalue weighted by Gasteiger charge is -2.21. The fourth-order valence-electron chi connectivity index (χ4n) is 1.40. The van der Waals surface area contributed by atoms with Crippen LogP contribution in [-0.2, 0) is 6.18 Å². The Morgan fingerprint density at radius 1 is 1.40 bits per heavy atom. The van der Waals surface area contributed by atoms with Gasteiger partial charge in [0.2, 0.25) is 0 Å². The van der Waals surface area contributed by atoms with Crippen molar-refractivity contribution in [3.05, 3.63) is 10.6 Å². The summed E-state index contributed by atoms with van der Waals surface area (Å²) in [6, 6.07) is -0.519. The minimum atomic E-state index is -4.38. The maximum atomic E-state index is 12.5. The van der Waals surface area contributed by atoms with Crippen LogP contribution in [0, 0.1) is 0 Å². The average Bonchev–Trinajstić information content (AvgIpc) is 2.67. The van der Waals surface area contributed by atoms with Gasteiger partial charge in [0.05, 0.1) is 6.04 Å². The number of piperazine rings is 1. The highest BCUT2D eigenvalue weighted by Crippen LogP contribution is 2.36. The number of hydrogen-bond donors (Lipinski definition) is 1. The number of alkyl halides is 3. The standard InChI is InChI=1S/C7H8F3N4S/c8-7(9,10)6-5(13-14-15-6)4-3-11-1-2-12-4/h4,11H,1-3H2. The van der Waals surface area contributed by atoms with E-state index in [1.165, 1.54) is 0 Å². The zero-order valence-electron chi connectivity index (χ0n) is 7.58. The third kappa shape index (κ3) is 2.27. The molecule has 1 fully saturated rings. The van der Waals surface area contributed by atoms with Gasteiger partial charge in [-0.15, -0.1) is 5.10 Å². The molecule has 0 spiro atoms. The first kappa shape index (κ1) is 10.8. The molecule has 83 valence electrons. The Morgan fingerprint density at radius 2 is 2.20 bits per heavy atom. The smallest absolute Gasteiger partial charge is 0.313 e. The minimum absolute atomic E-state index is 0.0558. The van der Waals surface area contributed by atoms with Crippen LogP contribution in [0.4, 0.5) is 13.2 Å². The van der Waals surface area contributed by atoms with Crippen LogP contribution >= 0.6 is 11.5 Å². The monoisotopic (exact) mass is 237 g/mol. The highest BCUT2D eigenvalue weighted by Gasteiger charge is 2.39. The van der Waals surface area contributed by atoms with Crippen molar-refractivity contribution in [1.82, 2.24) is 20.2 Å². The van der Waals surface area contributed by atoms with E-state index in [0.29, 0.717) is 31.2 Å². The van der Waals surface area contributed by atoms with Gasteiger partial charge in [0.1, 0.15) is 5.69 Å². The van der Waals surface area contributed by atoms with Gasteiger partial charge in [0.25, 0.3) is 0 Å². The van der Waals surface area contributed by atoms with E-state index in [9.17, 15) is 13.2 Å². The second-order valence-corrected chi connectivity index (χ2v) is 3.87. The summed E-state index contributed by atoms with van der Waals surface area (Å²) in [4.78, 5) is -0.736. The zero-order chi connectivity index (χ0) is 10.9. The number of rotatable bonds is 1. The summed E-state index contributed by atoms with van der Waals surface area (Å²) >= 11 is 0.376. The van der Waals surface area contributed by atoms with Gasteiger partial charge in [0.15, 0.2) is 4.88 Å². The summed E-state index contributed by atoms with van der Waals surface area (Å²) in [5.41, 5.74) is -0.0558. The van der Waals surface area contributed by atoms with E-state index in [2.05, 4.69) is 20.2 Å². The van der Waals surface area contributed by atoms with Gasteiger partial charge >= 0.3 is 6.18 Å². The molecule has 2 rings (SSSR count). The van der Waals surface area contributed by atoms with Gasteiger partial charge in [0, 0.05) is 19.6 Å². The fourth-order valence-corrected chi connectivity index (χ4v) is 1.98. The Morgan fingerprint density at radius 3 is 2.80 bits per heavy atom. The lowest BCUT2D eigenvalue weighted by atomic mass is 10.1. The second-order valence-electron chi connectivity index (χ2n) is 3.11. The molecule has 0 aromatic carbocycles. The Kier molecular flexibility index (Phi) is 2.89. The summed E-state index contributed by atoms with van der Waals surface area (Å²) in [5, 5.41) is 10.6. The maximum Gasteiger partial charge on any atom is 0.429 e. The first-order valence-electron chi connectivity index (χ1n) is 4.36. The maximum absolute atomic E-state index is 12.5. The van der Waals surface area contributed by atoms with E-state index in [1.54, 1.807) is 0 Å². The predicted octanol–water partition coefficient (Wildman–Crippen LogP) is 0.806. The molecule has 1 aromatic rings. The number of aromatic nitrogens is 2. The van der Waals surface area contributed by atoms with Crippen LogP contribution in [0.15, 0.2) is 0 Å². The topological polar surface area (TPSA) is 51.9 Å². The minimum Gasteiger partial charge on any atom is -0.313 e. The van der Waals surface area contributed by atoms with Gasteiger partial charge in [-0.05, 0) is 11.5 Å². The van der Waals surface area contributed by atoms with Crippen molar-refractivity contribution in [3.8, 4) is 0 Å². The van der Waals surface area contributed by atoms with Crippen LogP contribution in [0.3, 0.4) is 0 Å². The predicted molar refractivity (Wildman–Crippen MR) is 47.5 cm³/mol. The van der Waals surface area contributed by atoms with Crippen LogP contribution in [0.25, 0.3) is 0 Å². The largest absolute Gasteiger partial charge is 0.429 e. The summed E-state index contributed by atoms with van der Waals surface area (Å²) in [6.07, 6.45) is -4.38. The van der Waals surface area contributed by atoms with Gasteiger partial charge in [-0.25, -0.2) is 5.32 Å². The lowest BCUT2D eigenvalue weighted by molar-refractivity contribution is -0.135. The normalized spacial score (nSPS) is 23.0. The Balaban J connectivity index is 2.24. The first-order chi connectivity index (χ1) is 7.09. The number of halogens is 3. The molecule has 1 unspecified atom stereocenters. The van der Waals surface area contributed by atoms with E-state index >= 15 is 0 Å². The van der Waals surface area contributed by atoms with Crippen LogP contribution in [0.1, 0.15) is 16.6 Å². The lowest BCUT2D eigenvalue weighted by Crippen LogP contribution is -2.39. The molecule has 2 heterocycles. The van der Waals surface area contributed by atoms with Crippen molar-refractivity contribution < 1.29 is 13.2 Å². The van der Waals surface area contributed by atoms with Gasteiger partial charge < -0.3 is 5.32 Å². The van der Waals surface area contributed by atoms with Gasteiger partial charge in [-0.2, -0.15) is 13.2 Å². The number of hydrogen-bond acceptors (Lipinski definition) is 4. The van der Waals surface area contributed by atoms with Crippen molar-refractivity contribution in [2.75, 3.05) is 19.6 Å².